The average Bonchev–Trinajstić information content (AvgIpc) is 3.05. The second kappa shape index (κ2) is 7.29. The van der Waals surface area contributed by atoms with Gasteiger partial charge in [-0.05, 0) is 61.8 Å². The summed E-state index contributed by atoms with van der Waals surface area (Å²) >= 11 is 6.33. The zero-order valence-corrected chi connectivity index (χ0v) is 17.0. The fourth-order valence-corrected chi connectivity index (χ4v) is 11.4. The van der Waals surface area contributed by atoms with E-state index >= 15 is 0 Å². The van der Waals surface area contributed by atoms with Crippen LogP contribution in [0.4, 0.5) is 0 Å². The van der Waals surface area contributed by atoms with Crippen molar-refractivity contribution in [2.45, 2.75) is 91.6 Å². The minimum absolute atomic E-state index is 0.120. The molecule has 0 saturated heterocycles. The van der Waals surface area contributed by atoms with Crippen LogP contribution in [0.15, 0.2) is 0 Å². The van der Waals surface area contributed by atoms with Crippen molar-refractivity contribution in [2.24, 2.45) is 5.92 Å². The lowest BCUT2D eigenvalue weighted by Gasteiger charge is -2.50. The van der Waals surface area contributed by atoms with Gasteiger partial charge in [0.05, 0.1) is 12.3 Å². The molecule has 0 aromatic heterocycles. The molecule has 0 bridgehead atoms. The van der Waals surface area contributed by atoms with Crippen molar-refractivity contribution in [2.75, 3.05) is 0 Å². The summed E-state index contributed by atoms with van der Waals surface area (Å²) < 4.78 is 4.88. The Morgan fingerprint density at radius 3 is 1.45 bits per heavy atom. The lowest BCUT2D eigenvalue weighted by molar-refractivity contribution is -0.138. The van der Waals surface area contributed by atoms with Gasteiger partial charge in [0.2, 0.25) is 0 Å². The van der Waals surface area contributed by atoms with Crippen molar-refractivity contribution in [3.8, 4) is 0 Å². The maximum Gasteiger partial charge on any atom is 0.307 e. The predicted octanol–water partition coefficient (Wildman–Crippen LogP) is 4.01. The molecule has 1 saturated carbocycles. The van der Waals surface area contributed by atoms with Crippen LogP contribution in [0.2, 0.25) is 0 Å². The Morgan fingerprint density at radius 2 is 1.27 bits per heavy atom. The van der Waals surface area contributed by atoms with Gasteiger partial charge in [-0.2, -0.15) is 0 Å². The molecule has 1 aliphatic carbocycles. The van der Waals surface area contributed by atoms with Crippen LogP contribution in [-0.4, -0.2) is 50.2 Å². The molecule has 0 aromatic rings. The van der Waals surface area contributed by atoms with Crippen molar-refractivity contribution in [3.05, 3.63) is 0 Å². The van der Waals surface area contributed by atoms with Gasteiger partial charge < -0.3 is 5.11 Å². The van der Waals surface area contributed by atoms with Crippen LogP contribution in [0, 0.1) is 5.92 Å². The predicted molar refractivity (Wildman–Crippen MR) is 98.0 cm³/mol. The average molecular weight is 348 g/mol. The quantitative estimate of drug-likeness (QED) is 0.672. The van der Waals surface area contributed by atoms with Gasteiger partial charge in [-0.1, -0.05) is 11.8 Å². The van der Waals surface area contributed by atoms with Gasteiger partial charge in [0.25, 0.3) is 0 Å². The summed E-state index contributed by atoms with van der Waals surface area (Å²) in [6.45, 7) is 17.4. The van der Waals surface area contributed by atoms with Gasteiger partial charge in [0, 0.05) is 29.8 Å². The fraction of sp³-hybridized carbons (Fsp3) is 0.938. The maximum absolute atomic E-state index is 11.5. The molecule has 0 aromatic carbocycles. The number of hydrogen-bond donors (Lipinski definition) is 1. The zero-order valence-electron chi connectivity index (χ0n) is 15.3. The monoisotopic (exact) mass is 348 g/mol. The number of nitrogens with zero attached hydrogens (tertiary/aromatic N) is 2. The Kier molecular flexibility index (Phi) is 6.66. The molecule has 1 fully saturated rings. The standard InChI is InChI=1S/C16H33N2O2PS/c1-10(2)17(11(3)4)21(22,15-9-14(15)16(19)20)18(12(5)6)13(7)8/h10-15H,9H2,1-8H3,(H,19,20)/t14-,15+/m0/s1. The summed E-state index contributed by atoms with van der Waals surface area (Å²) in [5.41, 5.74) is 0.120. The van der Waals surface area contributed by atoms with Crippen LogP contribution in [-0.2, 0) is 16.6 Å². The number of carbonyl (C=O) groups is 1. The molecule has 0 amide bonds. The molecule has 22 heavy (non-hydrogen) atoms. The Balaban J connectivity index is 3.38. The zero-order chi connectivity index (χ0) is 17.4. The first-order valence-corrected chi connectivity index (χ1v) is 11.1. The molecule has 0 heterocycles. The minimum atomic E-state index is -2.12. The molecule has 0 spiro atoms. The number of carboxylic acids is 1. The molecule has 0 radical (unpaired) electrons. The SMILES string of the molecule is CC(C)N(C(C)C)P(=S)([C@@H]1C[C@@H]1C(=O)O)N(C(C)C)C(C)C. The van der Waals surface area contributed by atoms with Gasteiger partial charge in [-0.25, -0.2) is 0 Å². The molecule has 1 rings (SSSR count). The summed E-state index contributed by atoms with van der Waals surface area (Å²) in [5, 5.41) is 9.44. The highest BCUT2D eigenvalue weighted by molar-refractivity contribution is 8.12. The number of rotatable bonds is 8. The van der Waals surface area contributed by atoms with Gasteiger partial charge in [-0.15, -0.1) is 0 Å². The summed E-state index contributed by atoms with van der Waals surface area (Å²) in [6.07, 6.45) is -1.38. The summed E-state index contributed by atoms with van der Waals surface area (Å²) in [6, 6.07) is 1.28. The third-order valence-corrected chi connectivity index (χ3v) is 10.8. The van der Waals surface area contributed by atoms with Gasteiger partial charge in [0.1, 0.15) is 0 Å². The molecule has 0 unspecified atom stereocenters. The van der Waals surface area contributed by atoms with E-state index in [0.29, 0.717) is 24.2 Å². The second-order valence-corrected chi connectivity index (χ2v) is 11.8. The van der Waals surface area contributed by atoms with Crippen LogP contribution in [0.5, 0.6) is 0 Å². The van der Waals surface area contributed by atoms with Gasteiger partial charge >= 0.3 is 5.97 Å². The second-order valence-electron chi connectivity index (χ2n) is 7.47. The number of carboxylic acid groups (broad SMARTS) is 1. The van der Waals surface area contributed by atoms with E-state index in [2.05, 4.69) is 64.7 Å². The first-order valence-electron chi connectivity index (χ1n) is 8.36. The molecular formula is C16H33N2O2PS. The maximum atomic E-state index is 11.5. The Hall–Kier alpha value is 0.0400. The highest BCUT2D eigenvalue weighted by Crippen LogP contribution is 2.70. The third-order valence-electron chi connectivity index (χ3n) is 4.28. The van der Waals surface area contributed by atoms with E-state index in [-0.39, 0.29) is 11.6 Å². The topological polar surface area (TPSA) is 43.8 Å². The summed E-state index contributed by atoms with van der Waals surface area (Å²) in [4.78, 5) is 11.5. The van der Waals surface area contributed by atoms with Crippen molar-refractivity contribution in [1.29, 1.82) is 0 Å². The fourth-order valence-electron chi connectivity index (χ4n) is 3.80. The molecule has 4 nitrogen and oxygen atoms in total. The van der Waals surface area contributed by atoms with E-state index in [4.69, 9.17) is 11.8 Å². The van der Waals surface area contributed by atoms with E-state index in [9.17, 15) is 9.90 Å². The lowest BCUT2D eigenvalue weighted by Crippen LogP contribution is -2.46. The van der Waals surface area contributed by atoms with Crippen molar-refractivity contribution < 1.29 is 9.90 Å². The molecule has 1 N–H and O–H groups in total. The largest absolute Gasteiger partial charge is 0.481 e. The minimum Gasteiger partial charge on any atom is -0.481 e. The molecular weight excluding hydrogens is 315 g/mol. The Bertz CT molecular complexity index is 411. The lowest BCUT2D eigenvalue weighted by atomic mass is 10.3. The van der Waals surface area contributed by atoms with Crippen LogP contribution >= 0.6 is 6.34 Å². The van der Waals surface area contributed by atoms with Crippen molar-refractivity contribution >= 4 is 24.1 Å². The summed E-state index contributed by atoms with van der Waals surface area (Å²) in [5.74, 6) is -0.940. The van der Waals surface area contributed by atoms with Crippen LogP contribution in [0.25, 0.3) is 0 Å². The van der Waals surface area contributed by atoms with Crippen LogP contribution in [0.1, 0.15) is 61.8 Å². The summed E-state index contributed by atoms with van der Waals surface area (Å²) in [7, 11) is 0. The van der Waals surface area contributed by atoms with E-state index in [1.165, 1.54) is 0 Å². The van der Waals surface area contributed by atoms with Crippen LogP contribution < -0.4 is 0 Å². The molecule has 130 valence electrons. The molecule has 2 atom stereocenters. The van der Waals surface area contributed by atoms with Crippen molar-refractivity contribution in [1.82, 2.24) is 9.34 Å². The van der Waals surface area contributed by atoms with Crippen LogP contribution in [0.3, 0.4) is 0 Å². The number of aliphatic carboxylic acids is 1. The van der Waals surface area contributed by atoms with E-state index < -0.39 is 12.3 Å². The third kappa shape index (κ3) is 3.75. The smallest absolute Gasteiger partial charge is 0.307 e. The first kappa shape index (κ1) is 20.1. The van der Waals surface area contributed by atoms with E-state index in [1.54, 1.807) is 0 Å². The molecule has 0 aliphatic heterocycles. The first-order chi connectivity index (χ1) is 9.96. The Morgan fingerprint density at radius 1 is 0.955 bits per heavy atom. The normalized spacial score (nSPS) is 22.6. The molecule has 6 heteroatoms. The highest BCUT2D eigenvalue weighted by Gasteiger charge is 2.57. The van der Waals surface area contributed by atoms with E-state index in [0.717, 1.165) is 6.42 Å². The van der Waals surface area contributed by atoms with Gasteiger partial charge in [0.15, 0.2) is 0 Å². The van der Waals surface area contributed by atoms with Crippen molar-refractivity contribution in [3.63, 3.8) is 0 Å². The highest BCUT2D eigenvalue weighted by atomic mass is 32.4. The van der Waals surface area contributed by atoms with Gasteiger partial charge in [-0.3, -0.25) is 14.1 Å². The number of hydrogen-bond acceptors (Lipinski definition) is 2. The Labute approximate surface area is 141 Å². The molecule has 1 aliphatic rings. The van der Waals surface area contributed by atoms with E-state index in [1.807, 2.05) is 0 Å².